The third-order valence-electron chi connectivity index (χ3n) is 10.3. The van der Waals surface area contributed by atoms with Crippen LogP contribution in [0.5, 0.6) is 11.5 Å². The maximum Gasteiger partial charge on any atom is 0.128 e. The molecule has 4 aromatic carbocycles. The van der Waals surface area contributed by atoms with E-state index in [1.807, 2.05) is 12.4 Å². The highest BCUT2D eigenvalue weighted by atomic mass is 16.3. The SMILES string of the molecule is Cc1cc(C)c(-c2cc(C=N[C@@H]3CCCC[C@H]3N=Cc3cc(-c4c(C)cc(C)cc4C)cc(C(C)(C)C)c3O)c(O)c(C(C)(C)C)c2)c(C)c1. The number of benzene rings is 4. The molecule has 0 aliphatic heterocycles. The minimum atomic E-state index is -0.245. The lowest BCUT2D eigenvalue weighted by Gasteiger charge is -2.27. The molecule has 0 amide bonds. The lowest BCUT2D eigenvalue weighted by molar-refractivity contribution is 0.390. The number of phenolic OH excluding ortho intramolecular Hbond substituents is 2. The van der Waals surface area contributed by atoms with Crippen molar-refractivity contribution in [1.29, 1.82) is 0 Å². The average Bonchev–Trinajstić information content (AvgIpc) is 2.99. The average molecular weight is 671 g/mol. The van der Waals surface area contributed by atoms with E-state index in [0.29, 0.717) is 11.5 Å². The monoisotopic (exact) mass is 670 g/mol. The molecule has 0 spiro atoms. The Morgan fingerprint density at radius 3 is 1.14 bits per heavy atom. The number of aliphatic imine (C=N–C) groups is 2. The lowest BCUT2D eigenvalue weighted by atomic mass is 9.82. The summed E-state index contributed by atoms with van der Waals surface area (Å²) < 4.78 is 0. The van der Waals surface area contributed by atoms with Gasteiger partial charge in [0, 0.05) is 34.7 Å². The van der Waals surface area contributed by atoms with Crippen LogP contribution < -0.4 is 0 Å². The van der Waals surface area contributed by atoms with E-state index in [1.165, 1.54) is 44.5 Å². The van der Waals surface area contributed by atoms with Gasteiger partial charge in [-0.15, -0.1) is 0 Å². The molecule has 0 saturated heterocycles. The molecule has 0 heterocycles. The Morgan fingerprint density at radius 1 is 0.520 bits per heavy atom. The van der Waals surface area contributed by atoms with Crippen molar-refractivity contribution in [1.82, 2.24) is 0 Å². The fourth-order valence-electron chi connectivity index (χ4n) is 8.01. The number of rotatable bonds is 6. The van der Waals surface area contributed by atoms with Crippen LogP contribution in [-0.4, -0.2) is 34.7 Å². The summed E-state index contributed by atoms with van der Waals surface area (Å²) in [7, 11) is 0. The maximum absolute atomic E-state index is 11.6. The van der Waals surface area contributed by atoms with Crippen LogP contribution in [0.15, 0.2) is 58.5 Å². The van der Waals surface area contributed by atoms with Crippen LogP contribution in [0.2, 0.25) is 0 Å². The van der Waals surface area contributed by atoms with Gasteiger partial charge < -0.3 is 10.2 Å². The zero-order valence-electron chi connectivity index (χ0n) is 32.5. The fourth-order valence-corrected chi connectivity index (χ4v) is 8.01. The van der Waals surface area contributed by atoms with Gasteiger partial charge in [-0.1, -0.05) is 89.8 Å². The third-order valence-corrected chi connectivity index (χ3v) is 10.3. The van der Waals surface area contributed by atoms with Crippen LogP contribution in [-0.2, 0) is 10.8 Å². The Labute approximate surface area is 301 Å². The highest BCUT2D eigenvalue weighted by Crippen LogP contribution is 2.41. The van der Waals surface area contributed by atoms with Gasteiger partial charge in [0.25, 0.3) is 0 Å². The van der Waals surface area contributed by atoms with Crippen molar-refractivity contribution in [3.05, 3.63) is 104 Å². The smallest absolute Gasteiger partial charge is 0.128 e. The summed E-state index contributed by atoms with van der Waals surface area (Å²) in [5.41, 5.74) is 14.9. The molecule has 4 nitrogen and oxygen atoms in total. The van der Waals surface area contributed by atoms with Gasteiger partial charge in [-0.3, -0.25) is 9.98 Å². The van der Waals surface area contributed by atoms with Crippen molar-refractivity contribution in [2.24, 2.45) is 9.98 Å². The molecule has 0 unspecified atom stereocenters. The van der Waals surface area contributed by atoms with Gasteiger partial charge in [-0.25, -0.2) is 0 Å². The molecule has 4 heteroatoms. The molecule has 0 radical (unpaired) electrons. The zero-order valence-corrected chi connectivity index (χ0v) is 32.5. The van der Waals surface area contributed by atoms with E-state index in [4.69, 9.17) is 9.98 Å². The van der Waals surface area contributed by atoms with Gasteiger partial charge in [-0.2, -0.15) is 0 Å². The molecule has 50 heavy (non-hydrogen) atoms. The van der Waals surface area contributed by atoms with Gasteiger partial charge in [0.1, 0.15) is 11.5 Å². The molecule has 1 aliphatic rings. The van der Waals surface area contributed by atoms with Crippen LogP contribution in [0, 0.1) is 41.5 Å². The Bertz CT molecular complexity index is 1780. The largest absolute Gasteiger partial charge is 0.507 e. The molecule has 2 N–H and O–H groups in total. The molecule has 0 bridgehead atoms. The Kier molecular flexibility index (Phi) is 10.5. The standard InChI is InChI=1S/C46H58N2O2/c1-27-17-29(3)41(30(4)18-27)33-21-35(43(49)37(23-33)45(7,8)9)25-47-39-15-13-14-16-40(39)48-26-36-22-34(24-38(44(36)50)46(10,11)12)42-31(5)19-28(2)20-32(42)6/h17-26,39-40,49-50H,13-16H2,1-12H3/t39-,40-/m1/s1. The fraction of sp³-hybridized carbons (Fsp3) is 0.435. The first-order chi connectivity index (χ1) is 23.3. The van der Waals surface area contributed by atoms with Crippen molar-refractivity contribution < 1.29 is 10.2 Å². The number of phenols is 2. The second-order valence-electron chi connectivity index (χ2n) is 16.9. The molecular weight excluding hydrogens is 613 g/mol. The van der Waals surface area contributed by atoms with E-state index in [0.717, 1.165) is 59.1 Å². The van der Waals surface area contributed by atoms with E-state index in [1.54, 1.807) is 0 Å². The van der Waals surface area contributed by atoms with Crippen molar-refractivity contribution in [2.75, 3.05) is 0 Å². The maximum atomic E-state index is 11.6. The van der Waals surface area contributed by atoms with Crippen LogP contribution in [0.1, 0.15) is 123 Å². The zero-order chi connectivity index (χ0) is 36.7. The highest BCUT2D eigenvalue weighted by molar-refractivity contribution is 5.90. The Hall–Kier alpha value is -4.18. The van der Waals surface area contributed by atoms with Gasteiger partial charge in [0.2, 0.25) is 0 Å². The van der Waals surface area contributed by atoms with Crippen LogP contribution in [0.3, 0.4) is 0 Å². The summed E-state index contributed by atoms with van der Waals surface area (Å²) >= 11 is 0. The molecule has 0 aromatic heterocycles. The summed E-state index contributed by atoms with van der Waals surface area (Å²) in [5.74, 6) is 0.586. The molecule has 4 aromatic rings. The number of aryl methyl sites for hydroxylation is 6. The summed E-state index contributed by atoms with van der Waals surface area (Å²) in [6.45, 7) is 25.8. The van der Waals surface area contributed by atoms with Gasteiger partial charge in [0.15, 0.2) is 0 Å². The van der Waals surface area contributed by atoms with Crippen molar-refractivity contribution in [2.45, 2.75) is 132 Å². The molecule has 1 aliphatic carbocycles. The molecule has 1 saturated carbocycles. The van der Waals surface area contributed by atoms with Crippen LogP contribution >= 0.6 is 0 Å². The Morgan fingerprint density at radius 2 is 0.840 bits per heavy atom. The summed E-state index contributed by atoms with van der Waals surface area (Å²) in [6, 6.07) is 17.4. The van der Waals surface area contributed by atoms with E-state index < -0.39 is 0 Å². The van der Waals surface area contributed by atoms with E-state index in [9.17, 15) is 10.2 Å². The van der Waals surface area contributed by atoms with Crippen molar-refractivity contribution in [3.63, 3.8) is 0 Å². The number of hydrogen-bond donors (Lipinski definition) is 2. The minimum Gasteiger partial charge on any atom is -0.507 e. The van der Waals surface area contributed by atoms with Gasteiger partial charge in [-0.05, 0) is 134 Å². The molecule has 5 rings (SSSR count). The molecule has 1 fully saturated rings. The van der Waals surface area contributed by atoms with E-state index >= 15 is 0 Å². The molecule has 264 valence electrons. The number of aromatic hydroxyl groups is 2. The first-order valence-electron chi connectivity index (χ1n) is 18.3. The number of nitrogens with zero attached hydrogens (tertiary/aromatic N) is 2. The lowest BCUT2D eigenvalue weighted by Crippen LogP contribution is -2.27. The van der Waals surface area contributed by atoms with Gasteiger partial charge in [0.05, 0.1) is 12.1 Å². The molecule has 2 atom stereocenters. The van der Waals surface area contributed by atoms with Crippen LogP contribution in [0.25, 0.3) is 22.3 Å². The summed E-state index contributed by atoms with van der Waals surface area (Å²) in [4.78, 5) is 10.3. The van der Waals surface area contributed by atoms with Crippen LogP contribution in [0.4, 0.5) is 0 Å². The summed E-state index contributed by atoms with van der Waals surface area (Å²) in [6.07, 6.45) is 7.81. The Balaban J connectivity index is 1.54. The van der Waals surface area contributed by atoms with Crippen molar-refractivity contribution >= 4 is 12.4 Å². The quantitative estimate of drug-likeness (QED) is 0.201. The third kappa shape index (κ3) is 7.90. The molecular formula is C46H58N2O2. The first-order valence-corrected chi connectivity index (χ1v) is 18.3. The predicted molar refractivity (Wildman–Crippen MR) is 214 cm³/mol. The van der Waals surface area contributed by atoms with Crippen molar-refractivity contribution in [3.8, 4) is 33.8 Å². The second kappa shape index (κ2) is 14.2. The predicted octanol–water partition coefficient (Wildman–Crippen LogP) is 11.7. The second-order valence-corrected chi connectivity index (χ2v) is 16.9. The summed E-state index contributed by atoms with van der Waals surface area (Å²) in [5, 5.41) is 23.1. The minimum absolute atomic E-state index is 0.0158. The van der Waals surface area contributed by atoms with E-state index in [2.05, 4.69) is 132 Å². The first kappa shape index (κ1) is 37.1. The normalized spacial score (nSPS) is 17.3. The van der Waals surface area contributed by atoms with Gasteiger partial charge >= 0.3 is 0 Å². The topological polar surface area (TPSA) is 65.2 Å². The number of hydrogen-bond acceptors (Lipinski definition) is 4. The van der Waals surface area contributed by atoms with E-state index in [-0.39, 0.29) is 22.9 Å². The highest BCUT2D eigenvalue weighted by Gasteiger charge is 2.27.